The van der Waals surface area contributed by atoms with Gasteiger partial charge in [0.15, 0.2) is 17.9 Å². The molecule has 0 aliphatic rings. The predicted molar refractivity (Wildman–Crippen MR) is 90.8 cm³/mol. The minimum atomic E-state index is -0.431. The molecule has 1 heterocycles. The lowest BCUT2D eigenvalue weighted by atomic mass is 10.1. The SMILES string of the molecule is COCc1cc(C)[nH+]c(OCC(=O)NN=Cc2ccccc2)c1C#N. The topological polar surface area (TPSA) is 97.8 Å². The summed E-state index contributed by atoms with van der Waals surface area (Å²) in [6.45, 7) is 1.84. The van der Waals surface area contributed by atoms with E-state index in [2.05, 4.69) is 21.6 Å². The fourth-order valence-electron chi connectivity index (χ4n) is 2.15. The van der Waals surface area contributed by atoms with Gasteiger partial charge in [-0.3, -0.25) is 4.79 Å². The van der Waals surface area contributed by atoms with Gasteiger partial charge in [0.1, 0.15) is 6.07 Å². The molecule has 0 unspecified atom stereocenters. The number of methoxy groups -OCH3 is 1. The Morgan fingerprint density at radius 1 is 1.40 bits per heavy atom. The molecule has 0 aliphatic carbocycles. The molecule has 0 bridgehead atoms. The maximum absolute atomic E-state index is 11.8. The zero-order chi connectivity index (χ0) is 18.1. The molecule has 0 radical (unpaired) electrons. The highest BCUT2D eigenvalue weighted by Gasteiger charge is 2.19. The van der Waals surface area contributed by atoms with E-state index in [9.17, 15) is 10.1 Å². The number of carbonyl (C=O) groups is 1. The standard InChI is InChI=1S/C18H18N4O3/c1-13-8-15(11-24-2)16(9-19)18(21-13)25-12-17(23)22-20-10-14-6-4-3-5-7-14/h3-8,10H,11-12H2,1-2H3,(H,22,23)/p+1. The van der Waals surface area contributed by atoms with E-state index < -0.39 is 5.91 Å². The third-order valence-corrected chi connectivity index (χ3v) is 3.21. The normalized spacial score (nSPS) is 10.4. The van der Waals surface area contributed by atoms with Gasteiger partial charge < -0.3 is 9.47 Å². The molecular formula is C18H19N4O3+. The van der Waals surface area contributed by atoms with Gasteiger partial charge in [0, 0.05) is 25.7 Å². The molecule has 0 saturated carbocycles. The van der Waals surface area contributed by atoms with Crippen molar-refractivity contribution in [2.75, 3.05) is 13.7 Å². The summed E-state index contributed by atoms with van der Waals surface area (Å²) in [5, 5.41) is 13.2. The number of benzene rings is 1. The first-order valence-corrected chi connectivity index (χ1v) is 7.58. The Morgan fingerprint density at radius 3 is 2.84 bits per heavy atom. The van der Waals surface area contributed by atoms with Crippen LogP contribution in [0.4, 0.5) is 0 Å². The van der Waals surface area contributed by atoms with E-state index >= 15 is 0 Å². The smallest absolute Gasteiger partial charge is 0.385 e. The van der Waals surface area contributed by atoms with Crippen LogP contribution in [0.2, 0.25) is 0 Å². The Hall–Kier alpha value is -3.24. The first-order valence-electron chi connectivity index (χ1n) is 7.58. The van der Waals surface area contributed by atoms with Gasteiger partial charge in [-0.25, -0.2) is 5.43 Å². The predicted octanol–water partition coefficient (Wildman–Crippen LogP) is 1.36. The van der Waals surface area contributed by atoms with Gasteiger partial charge in [-0.05, 0) is 5.56 Å². The number of aryl methyl sites for hydroxylation is 1. The lowest BCUT2D eigenvalue weighted by molar-refractivity contribution is -0.403. The molecule has 0 spiro atoms. The van der Waals surface area contributed by atoms with Crippen LogP contribution in [0.3, 0.4) is 0 Å². The Bertz CT molecular complexity index is 798. The van der Waals surface area contributed by atoms with E-state index in [0.29, 0.717) is 11.1 Å². The Kier molecular flexibility index (Phi) is 6.63. The molecule has 128 valence electrons. The summed E-state index contributed by atoms with van der Waals surface area (Å²) in [4.78, 5) is 14.8. The number of hydrogen-bond donors (Lipinski definition) is 1. The van der Waals surface area contributed by atoms with Crippen molar-refractivity contribution in [2.45, 2.75) is 13.5 Å². The molecule has 0 fully saturated rings. The average Bonchev–Trinajstić information content (AvgIpc) is 2.61. The monoisotopic (exact) mass is 339 g/mol. The summed E-state index contributed by atoms with van der Waals surface area (Å²) in [5.41, 5.74) is 5.05. The fourth-order valence-corrected chi connectivity index (χ4v) is 2.15. The summed E-state index contributed by atoms with van der Waals surface area (Å²) in [7, 11) is 1.55. The van der Waals surface area contributed by atoms with Crippen LogP contribution in [0, 0.1) is 18.3 Å². The highest BCUT2D eigenvalue weighted by Crippen LogP contribution is 2.18. The number of pyridine rings is 1. The fraction of sp³-hybridized carbons (Fsp3) is 0.222. The molecule has 2 aromatic rings. The number of nitriles is 1. The van der Waals surface area contributed by atoms with Gasteiger partial charge in [-0.1, -0.05) is 30.3 Å². The highest BCUT2D eigenvalue weighted by atomic mass is 16.5. The number of H-pyrrole nitrogens is 1. The van der Waals surface area contributed by atoms with Crippen molar-refractivity contribution in [1.82, 2.24) is 5.43 Å². The van der Waals surface area contributed by atoms with Crippen LogP contribution in [-0.2, 0) is 16.1 Å². The quantitative estimate of drug-likeness (QED) is 0.608. The number of rotatable bonds is 7. The Morgan fingerprint density at radius 2 is 2.16 bits per heavy atom. The van der Waals surface area contributed by atoms with Crippen molar-refractivity contribution in [1.29, 1.82) is 5.26 Å². The number of carbonyl (C=O) groups excluding carboxylic acids is 1. The highest BCUT2D eigenvalue weighted by molar-refractivity contribution is 5.82. The van der Waals surface area contributed by atoms with Crippen LogP contribution in [0.15, 0.2) is 41.5 Å². The van der Waals surface area contributed by atoms with Gasteiger partial charge in [0.2, 0.25) is 0 Å². The van der Waals surface area contributed by atoms with Gasteiger partial charge in [0.25, 0.3) is 5.91 Å². The number of hydrazone groups is 1. The van der Waals surface area contributed by atoms with Crippen LogP contribution < -0.4 is 15.1 Å². The molecule has 1 aromatic heterocycles. The molecule has 1 aromatic carbocycles. The molecule has 7 heteroatoms. The summed E-state index contributed by atoms with van der Waals surface area (Å²) in [6, 6.07) is 13.2. The van der Waals surface area contributed by atoms with Gasteiger partial charge >= 0.3 is 5.88 Å². The van der Waals surface area contributed by atoms with Gasteiger partial charge in [0.05, 0.1) is 12.8 Å². The zero-order valence-corrected chi connectivity index (χ0v) is 14.1. The van der Waals surface area contributed by atoms with Crippen LogP contribution in [0.1, 0.15) is 22.4 Å². The van der Waals surface area contributed by atoms with Crippen molar-refractivity contribution in [2.24, 2.45) is 5.10 Å². The molecule has 2 N–H and O–H groups in total. The van der Waals surface area contributed by atoms with Gasteiger partial charge in [-0.2, -0.15) is 15.3 Å². The zero-order valence-electron chi connectivity index (χ0n) is 14.1. The minimum absolute atomic E-state index is 0.233. The Labute approximate surface area is 145 Å². The largest absolute Gasteiger partial charge is 0.433 e. The summed E-state index contributed by atoms with van der Waals surface area (Å²) in [5.74, 6) is -0.198. The van der Waals surface area contributed by atoms with E-state index in [1.807, 2.05) is 37.3 Å². The second-order valence-corrected chi connectivity index (χ2v) is 5.22. The van der Waals surface area contributed by atoms with Crippen LogP contribution in [0.25, 0.3) is 0 Å². The third kappa shape index (κ3) is 5.41. The number of aromatic nitrogens is 1. The first kappa shape index (κ1) is 18.1. The number of ether oxygens (including phenoxy) is 2. The average molecular weight is 339 g/mol. The molecule has 0 saturated heterocycles. The first-order chi connectivity index (χ1) is 12.1. The van der Waals surface area contributed by atoms with Crippen LogP contribution in [-0.4, -0.2) is 25.8 Å². The summed E-state index contributed by atoms with van der Waals surface area (Å²) < 4.78 is 10.5. The Balaban J connectivity index is 1.97. The van der Waals surface area contributed by atoms with Crippen LogP contribution >= 0.6 is 0 Å². The van der Waals surface area contributed by atoms with Gasteiger partial charge in [-0.15, -0.1) is 0 Å². The van der Waals surface area contributed by atoms with Crippen molar-refractivity contribution in [3.05, 3.63) is 58.8 Å². The van der Waals surface area contributed by atoms with Crippen molar-refractivity contribution in [3.63, 3.8) is 0 Å². The van der Waals surface area contributed by atoms with Crippen molar-refractivity contribution in [3.8, 4) is 11.9 Å². The van der Waals surface area contributed by atoms with E-state index in [1.54, 1.807) is 13.2 Å². The van der Waals surface area contributed by atoms with Crippen molar-refractivity contribution >= 4 is 12.1 Å². The number of hydrogen-bond acceptors (Lipinski definition) is 5. The molecule has 0 aliphatic heterocycles. The third-order valence-electron chi connectivity index (χ3n) is 3.21. The minimum Gasteiger partial charge on any atom is -0.433 e. The maximum Gasteiger partial charge on any atom is 0.385 e. The van der Waals surface area contributed by atoms with Crippen LogP contribution in [0.5, 0.6) is 5.88 Å². The lowest BCUT2D eigenvalue weighted by Crippen LogP contribution is -2.27. The number of nitrogens with zero attached hydrogens (tertiary/aromatic N) is 2. The van der Waals surface area contributed by atoms with E-state index in [4.69, 9.17) is 9.47 Å². The van der Waals surface area contributed by atoms with E-state index in [0.717, 1.165) is 11.3 Å². The molecule has 25 heavy (non-hydrogen) atoms. The summed E-state index contributed by atoms with van der Waals surface area (Å²) >= 11 is 0. The van der Waals surface area contributed by atoms with E-state index in [1.165, 1.54) is 6.21 Å². The number of amides is 1. The number of aromatic amines is 1. The van der Waals surface area contributed by atoms with E-state index in [-0.39, 0.29) is 19.1 Å². The maximum atomic E-state index is 11.8. The molecule has 2 rings (SSSR count). The second kappa shape index (κ2) is 9.15. The molecule has 1 amide bonds. The van der Waals surface area contributed by atoms with Crippen molar-refractivity contribution < 1.29 is 19.3 Å². The lowest BCUT2D eigenvalue weighted by Gasteiger charge is -2.06. The molecular weight excluding hydrogens is 320 g/mol. The molecule has 0 atom stereocenters. The second-order valence-electron chi connectivity index (χ2n) is 5.22. The molecule has 7 nitrogen and oxygen atoms in total. The number of nitrogens with one attached hydrogen (secondary N) is 2. The summed E-state index contributed by atoms with van der Waals surface area (Å²) in [6.07, 6.45) is 1.54.